The third-order valence-electron chi connectivity index (χ3n) is 13.4. The maximum atomic E-state index is 13.1. The van der Waals surface area contributed by atoms with Crippen LogP contribution in [-0.4, -0.2) is 134 Å². The van der Waals surface area contributed by atoms with Crippen molar-refractivity contribution < 1.29 is 74.3 Å². The van der Waals surface area contributed by atoms with E-state index < -0.39 is 36.4 Å². The first kappa shape index (κ1) is 64.4. The fraction of sp³-hybridized carbons (Fsp3) is 0.407. The molecular formula is C54H68F6N10O8. The largest absolute Gasteiger partial charge is 0.542 e. The maximum absolute atomic E-state index is 13.1. The van der Waals surface area contributed by atoms with Gasteiger partial charge in [-0.1, -0.05) is 109 Å². The van der Waals surface area contributed by atoms with Gasteiger partial charge in [0.25, 0.3) is 11.8 Å². The maximum Gasteiger partial charge on any atom is 0.430 e. The highest BCUT2D eigenvalue weighted by atomic mass is 19.4. The normalized spacial score (nSPS) is 19.0. The van der Waals surface area contributed by atoms with Crippen LogP contribution in [0.4, 0.5) is 26.3 Å². The molecule has 424 valence electrons. The number of carboxylic acid groups (broad SMARTS) is 2. The van der Waals surface area contributed by atoms with Crippen LogP contribution < -0.4 is 42.9 Å². The Balaban J connectivity index is 0.000000329. The second-order valence-electron chi connectivity index (χ2n) is 20.0. The monoisotopic (exact) mass is 1100 g/mol. The predicted molar refractivity (Wildman–Crippen MR) is 274 cm³/mol. The van der Waals surface area contributed by atoms with Crippen LogP contribution in [0.25, 0.3) is 0 Å². The number of carbonyl (C=O) groups excluding carboxylic acids is 6. The fourth-order valence-electron chi connectivity index (χ4n) is 8.58. The second kappa shape index (κ2) is 28.5. The van der Waals surface area contributed by atoms with Crippen LogP contribution in [-0.2, 0) is 41.9 Å². The van der Waals surface area contributed by atoms with Crippen molar-refractivity contribution in [2.24, 2.45) is 11.5 Å². The smallest absolute Gasteiger partial charge is 0.430 e. The molecule has 0 saturated carbocycles. The Morgan fingerprint density at radius 1 is 0.551 bits per heavy atom. The predicted octanol–water partition coefficient (Wildman–Crippen LogP) is 2.83. The van der Waals surface area contributed by atoms with Gasteiger partial charge in [-0.3, -0.25) is 30.0 Å². The molecule has 0 aliphatic carbocycles. The molecule has 0 spiro atoms. The summed E-state index contributed by atoms with van der Waals surface area (Å²) < 4.78 is 64.3. The quantitative estimate of drug-likeness (QED) is 0.0395. The summed E-state index contributed by atoms with van der Waals surface area (Å²) in [7, 11) is 8.34. The number of nitrogens with one attached hydrogen (secondary N) is 6. The van der Waals surface area contributed by atoms with E-state index in [0.29, 0.717) is 45.0 Å². The Bertz CT molecular complexity index is 2490. The number of hydrogen-bond acceptors (Lipinski definition) is 10. The second-order valence-corrected chi connectivity index (χ2v) is 20.0. The van der Waals surface area contributed by atoms with Crippen LogP contribution in [0.2, 0.25) is 0 Å². The Labute approximate surface area is 448 Å². The Kier molecular flexibility index (Phi) is 23.5. The molecule has 2 fully saturated rings. The molecule has 0 aromatic heterocycles. The number of piperidine rings is 2. The number of alkyl halides is 6. The van der Waals surface area contributed by atoms with Crippen molar-refractivity contribution in [3.05, 3.63) is 143 Å². The van der Waals surface area contributed by atoms with Gasteiger partial charge in [0.15, 0.2) is 12.1 Å². The lowest BCUT2D eigenvalue weighted by Gasteiger charge is -2.43. The minimum absolute atomic E-state index is 0.00969. The van der Waals surface area contributed by atoms with Gasteiger partial charge in [-0.25, -0.2) is 0 Å². The number of amidine groups is 2. The topological polar surface area (TPSA) is 296 Å². The Morgan fingerprint density at radius 2 is 0.833 bits per heavy atom. The molecule has 0 unspecified atom stereocenters. The van der Waals surface area contributed by atoms with Crippen LogP contribution in [0.3, 0.4) is 0 Å². The molecule has 4 aromatic carbocycles. The van der Waals surface area contributed by atoms with Crippen LogP contribution >= 0.6 is 0 Å². The average molecular weight is 1100 g/mol. The van der Waals surface area contributed by atoms with Crippen molar-refractivity contribution in [3.8, 4) is 0 Å². The van der Waals surface area contributed by atoms with E-state index in [4.69, 9.17) is 42.1 Å². The van der Waals surface area contributed by atoms with Gasteiger partial charge in [-0.15, -0.1) is 0 Å². The van der Waals surface area contributed by atoms with Gasteiger partial charge < -0.3 is 61.5 Å². The lowest BCUT2D eigenvalue weighted by atomic mass is 9.84. The Hall–Kier alpha value is -7.86. The van der Waals surface area contributed by atoms with Crippen LogP contribution in [0.1, 0.15) is 84.7 Å². The molecule has 6 atom stereocenters. The summed E-state index contributed by atoms with van der Waals surface area (Å²) in [4.78, 5) is 69.0. The van der Waals surface area contributed by atoms with Gasteiger partial charge in [-0.05, 0) is 47.9 Å². The van der Waals surface area contributed by atoms with E-state index in [-0.39, 0.29) is 47.4 Å². The molecule has 2 saturated heterocycles. The summed E-state index contributed by atoms with van der Waals surface area (Å²) in [6, 6.07) is 33.3. The number of carboxylic acids is 2. The first-order valence-corrected chi connectivity index (χ1v) is 24.6. The molecule has 18 nitrogen and oxygen atoms in total. The minimum atomic E-state index is -5.19. The summed E-state index contributed by atoms with van der Waals surface area (Å²) >= 11 is 0. The van der Waals surface area contributed by atoms with Crippen LogP contribution in [0.5, 0.6) is 0 Å². The molecular weight excluding hydrogens is 1030 g/mol. The number of nitrogens with zero attached hydrogens (tertiary/aromatic N) is 2. The minimum Gasteiger partial charge on any atom is -0.542 e. The number of quaternary nitrogens is 2. The average Bonchev–Trinajstić information content (AvgIpc) is 3.37. The summed E-state index contributed by atoms with van der Waals surface area (Å²) in [6.45, 7) is 5.94. The van der Waals surface area contributed by atoms with Crippen LogP contribution in [0.15, 0.2) is 109 Å². The molecule has 4 amide bonds. The van der Waals surface area contributed by atoms with Crippen molar-refractivity contribution in [3.63, 3.8) is 0 Å². The van der Waals surface area contributed by atoms with Gasteiger partial charge in [0.05, 0.1) is 41.3 Å². The lowest BCUT2D eigenvalue weighted by molar-refractivity contribution is -0.911. The number of hydrogen-bond donors (Lipinski definition) is 8. The number of aliphatic carboxylic acids is 2. The number of benzene rings is 4. The van der Waals surface area contributed by atoms with E-state index in [0.717, 1.165) is 49.9 Å². The molecule has 2 heterocycles. The van der Waals surface area contributed by atoms with Gasteiger partial charge in [0.1, 0.15) is 35.7 Å². The van der Waals surface area contributed by atoms with E-state index in [1.54, 1.807) is 38.1 Å². The highest BCUT2D eigenvalue weighted by Gasteiger charge is 2.43. The fourth-order valence-corrected chi connectivity index (χ4v) is 8.58. The van der Waals surface area contributed by atoms with Crippen LogP contribution in [0, 0.1) is 10.8 Å². The summed E-state index contributed by atoms with van der Waals surface area (Å²) in [5.74, 6) is -5.91. The third-order valence-corrected chi connectivity index (χ3v) is 13.4. The number of halogens is 6. The molecule has 24 heteroatoms. The molecule has 10 N–H and O–H groups in total. The van der Waals surface area contributed by atoms with Gasteiger partial charge in [0.2, 0.25) is 11.8 Å². The Morgan fingerprint density at radius 3 is 1.09 bits per heavy atom. The molecule has 6 rings (SSSR count). The van der Waals surface area contributed by atoms with Gasteiger partial charge in [-0.2, -0.15) is 26.3 Å². The number of nitrogen functional groups attached to an aromatic ring is 2. The van der Waals surface area contributed by atoms with Crippen molar-refractivity contribution in [2.75, 3.05) is 41.3 Å². The summed E-state index contributed by atoms with van der Waals surface area (Å²) in [6.07, 6.45) is -6.78. The third kappa shape index (κ3) is 20.6. The molecule has 2 aliphatic rings. The zero-order valence-electron chi connectivity index (χ0n) is 44.1. The van der Waals surface area contributed by atoms with E-state index in [9.17, 15) is 45.5 Å². The SMILES string of the molecule is C[C@H](NC(=O)[C@H]1C[C@@H](c2ccccc2)CC[N+]1(C)C)C(=O)NCc1ccc(C(=N)N)cc1.C[C@H](NC(=O)[C@H]1C[C@@H](c2ccccc2)CC[N+]1(C)C)C(=O)NCc1ccc(C(=N)N)cc1.O=C([O-])C(F)(F)F.O=C([O-])C(F)(F)F. The summed E-state index contributed by atoms with van der Waals surface area (Å²) in [5.41, 5.74) is 16.6. The van der Waals surface area contributed by atoms with E-state index in [2.05, 4.69) is 73.7 Å². The number of rotatable bonds is 14. The highest BCUT2D eigenvalue weighted by Crippen LogP contribution is 2.35. The standard InChI is InChI=1S/2C25H33N5O2.2C2HF3O2/c2*1-17(24(31)28-16-18-9-11-20(12-10-18)23(26)27)29-25(32)22-15-21(13-14-30(22,2)3)19-7-5-4-6-8-19;2*3-2(4,5)1(6)7/h2*4-12,17,21-22H,13-16H2,1-3H3,(H4-,26,27,28,29,31,32);2*(H,6,7)/t2*17-,21-,22+;;/m00../s1. The molecule has 0 bridgehead atoms. The zero-order chi connectivity index (χ0) is 58.8. The molecule has 78 heavy (non-hydrogen) atoms. The number of nitrogens with two attached hydrogens (primary N) is 2. The van der Waals surface area contributed by atoms with Gasteiger partial charge >= 0.3 is 12.4 Å². The molecule has 4 aromatic rings. The van der Waals surface area contributed by atoms with E-state index in [1.807, 2.05) is 60.7 Å². The molecule has 0 radical (unpaired) electrons. The van der Waals surface area contributed by atoms with E-state index in [1.165, 1.54) is 11.1 Å². The zero-order valence-corrected chi connectivity index (χ0v) is 44.1. The number of likely N-dealkylation sites (tertiary alicyclic amines) is 2. The van der Waals surface area contributed by atoms with Gasteiger partial charge in [0, 0.05) is 49.9 Å². The first-order valence-electron chi connectivity index (χ1n) is 24.6. The van der Waals surface area contributed by atoms with Crippen molar-refractivity contribution in [2.45, 2.75) is 101 Å². The van der Waals surface area contributed by atoms with Crippen molar-refractivity contribution in [1.82, 2.24) is 21.3 Å². The summed E-state index contributed by atoms with van der Waals surface area (Å²) in [5, 5.41) is 44.0. The number of amides is 4. The highest BCUT2D eigenvalue weighted by molar-refractivity contribution is 5.95. The number of carbonyl (C=O) groups is 6. The van der Waals surface area contributed by atoms with Crippen molar-refractivity contribution >= 4 is 47.2 Å². The van der Waals surface area contributed by atoms with E-state index >= 15 is 0 Å². The molecule has 2 aliphatic heterocycles. The first-order chi connectivity index (χ1) is 36.2. The number of likely N-dealkylation sites (N-methyl/N-ethyl adjacent to an activating group) is 2. The lowest BCUT2D eigenvalue weighted by Crippen LogP contribution is -2.61. The van der Waals surface area contributed by atoms with Crippen molar-refractivity contribution in [1.29, 1.82) is 10.8 Å².